The van der Waals surface area contributed by atoms with Crippen LogP contribution < -0.4 is 21.3 Å². The van der Waals surface area contributed by atoms with E-state index in [0.717, 1.165) is 16.7 Å². The fourth-order valence-corrected chi connectivity index (χ4v) is 8.40. The number of nitrogens with zero attached hydrogens (tertiary/aromatic N) is 2. The highest BCUT2D eigenvalue weighted by Gasteiger charge is 2.37. The summed E-state index contributed by atoms with van der Waals surface area (Å²) in [6.45, 7) is 23.0. The Morgan fingerprint density at radius 3 is 1.64 bits per heavy atom. The van der Waals surface area contributed by atoms with Gasteiger partial charge in [0.1, 0.15) is 34.9 Å². The van der Waals surface area contributed by atoms with E-state index in [2.05, 4.69) is 21.3 Å². The molecule has 0 aliphatic heterocycles. The molecule has 0 aliphatic rings. The lowest BCUT2D eigenvalue weighted by Gasteiger charge is -2.33. The van der Waals surface area contributed by atoms with E-state index in [9.17, 15) is 19.2 Å². The number of unbranched alkanes of at least 4 members (excludes halogenated alkanes) is 1. The number of aromatic nitrogens is 1. The van der Waals surface area contributed by atoms with Crippen molar-refractivity contribution in [2.75, 3.05) is 6.54 Å². The van der Waals surface area contributed by atoms with Crippen LogP contribution in [0.2, 0.25) is 0 Å². The third-order valence-electron chi connectivity index (χ3n) is 11.6. The van der Waals surface area contributed by atoms with E-state index in [1.54, 1.807) is 87.6 Å². The number of nitrogens with one attached hydrogen (secondary N) is 4. The molecular formula is C61H80N6O10. The lowest BCUT2D eigenvalue weighted by atomic mass is 9.99. The second-order valence-electron chi connectivity index (χ2n) is 23.1. The molecule has 0 bridgehead atoms. The first kappa shape index (κ1) is 60.5. The van der Waals surface area contributed by atoms with Gasteiger partial charge in [0.25, 0.3) is 0 Å². The van der Waals surface area contributed by atoms with Crippen LogP contribution in [-0.4, -0.2) is 105 Å². The third-order valence-corrected chi connectivity index (χ3v) is 11.6. The smallest absolute Gasteiger partial charge is 0.419 e. The van der Waals surface area contributed by atoms with Gasteiger partial charge in [-0.05, 0) is 126 Å². The number of rotatable bonds is 21. The first-order chi connectivity index (χ1) is 36.1. The van der Waals surface area contributed by atoms with Crippen LogP contribution in [0.15, 0.2) is 126 Å². The van der Waals surface area contributed by atoms with Gasteiger partial charge in [-0.1, -0.05) is 109 Å². The fourth-order valence-electron chi connectivity index (χ4n) is 8.40. The number of benzene rings is 4. The van der Waals surface area contributed by atoms with Gasteiger partial charge in [-0.15, -0.1) is 0 Å². The van der Waals surface area contributed by atoms with E-state index in [4.69, 9.17) is 23.9 Å². The number of alkyl carbamates (subject to hydrolysis) is 1. The zero-order valence-electron chi connectivity index (χ0n) is 47.2. The zero-order chi connectivity index (χ0) is 56.7. The Morgan fingerprint density at radius 1 is 0.558 bits per heavy atom. The van der Waals surface area contributed by atoms with Crippen molar-refractivity contribution in [3.05, 3.63) is 144 Å². The summed E-state index contributed by atoms with van der Waals surface area (Å²) in [6.07, 6.45) is 0.222. The molecule has 77 heavy (non-hydrogen) atoms. The van der Waals surface area contributed by atoms with Crippen molar-refractivity contribution in [3.63, 3.8) is 0 Å². The standard InChI is InChI=1S/C61H80N6O10/c1-40(74-58(2,3)4)50(55(71)75-59(5,6)7)66-52(68)46(34-25-26-36-62-56(72)76-60(8,9)10)64-54(70)48(38-44-39-67(57(73)77-61(11,12)13)49-35-24-23-33-45(44)49)65-53(69)47(37-41-27-17-14-18-28-41)63-51(42-29-19-15-20-30-42)43-31-21-16-22-32-43/h14-24,27-33,35,39-40,46-48,50H,25-26,34,36-38H2,1-13H3,(H,62,72)(H,64,70)(H,65,69)(H,66,68)/t40-,46+,47-,48-,50+/m1/s1. The number of ether oxygens (including phenoxy) is 4. The van der Waals surface area contributed by atoms with Gasteiger partial charge in [0, 0.05) is 42.1 Å². The van der Waals surface area contributed by atoms with E-state index in [1.807, 2.05) is 124 Å². The summed E-state index contributed by atoms with van der Waals surface area (Å²) in [5.41, 5.74) is 0.789. The predicted molar refractivity (Wildman–Crippen MR) is 300 cm³/mol. The summed E-state index contributed by atoms with van der Waals surface area (Å²) in [7, 11) is 0. The van der Waals surface area contributed by atoms with Gasteiger partial charge < -0.3 is 40.2 Å². The quantitative estimate of drug-likeness (QED) is 0.0237. The van der Waals surface area contributed by atoms with Crippen LogP contribution in [0.4, 0.5) is 9.59 Å². The van der Waals surface area contributed by atoms with Crippen molar-refractivity contribution < 1.29 is 47.7 Å². The molecule has 0 unspecified atom stereocenters. The Morgan fingerprint density at radius 2 is 1.08 bits per heavy atom. The second kappa shape index (κ2) is 26.6. The molecule has 16 heteroatoms. The summed E-state index contributed by atoms with van der Waals surface area (Å²) in [4.78, 5) is 90.7. The number of carbonyl (C=O) groups is 6. The lowest BCUT2D eigenvalue weighted by Crippen LogP contribution is -2.59. The molecule has 0 aliphatic carbocycles. The van der Waals surface area contributed by atoms with Gasteiger partial charge in [-0.25, -0.2) is 14.4 Å². The lowest BCUT2D eigenvalue weighted by molar-refractivity contribution is -0.166. The molecule has 16 nitrogen and oxygen atoms in total. The highest BCUT2D eigenvalue weighted by atomic mass is 16.6. The molecule has 414 valence electrons. The van der Waals surface area contributed by atoms with Gasteiger partial charge in [0.05, 0.1) is 22.9 Å². The van der Waals surface area contributed by atoms with Crippen molar-refractivity contribution in [3.8, 4) is 0 Å². The normalized spacial score (nSPS) is 13.9. The van der Waals surface area contributed by atoms with Gasteiger partial charge in [-0.3, -0.25) is 23.9 Å². The van der Waals surface area contributed by atoms with E-state index in [-0.39, 0.29) is 25.8 Å². The molecule has 4 N–H and O–H groups in total. The van der Waals surface area contributed by atoms with Crippen LogP contribution in [0.1, 0.15) is 132 Å². The molecule has 0 spiro atoms. The molecule has 0 radical (unpaired) electrons. The van der Waals surface area contributed by atoms with Crippen molar-refractivity contribution in [1.82, 2.24) is 25.8 Å². The fraction of sp³-hybridized carbons (Fsp3) is 0.459. The van der Waals surface area contributed by atoms with Crippen LogP contribution in [0, 0.1) is 0 Å². The van der Waals surface area contributed by atoms with E-state index in [1.165, 1.54) is 4.57 Å². The highest BCUT2D eigenvalue weighted by molar-refractivity contribution is 6.13. The molecule has 5 atom stereocenters. The Hall–Kier alpha value is -7.33. The molecule has 0 fully saturated rings. The van der Waals surface area contributed by atoms with Gasteiger partial charge in [0.2, 0.25) is 17.7 Å². The molecule has 1 heterocycles. The van der Waals surface area contributed by atoms with Crippen LogP contribution in [0.25, 0.3) is 10.9 Å². The Balaban J connectivity index is 1.60. The number of aliphatic imine (C=N–C) groups is 1. The largest absolute Gasteiger partial charge is 0.458 e. The number of amides is 4. The van der Waals surface area contributed by atoms with Crippen LogP contribution >= 0.6 is 0 Å². The number of esters is 1. The SMILES string of the molecule is C[C@@H](OC(C)(C)C)[C@H](NC(=O)[C@H](CCCCNC(=O)OC(C)(C)C)NC(=O)[C@@H](Cc1cn(C(=O)OC(C)(C)C)c2ccccc12)NC(=O)[C@@H](Cc1ccccc1)N=C(c1ccccc1)c1ccccc1)C(=O)OC(C)(C)C. The Bertz CT molecular complexity index is 2760. The van der Waals surface area contributed by atoms with Gasteiger partial charge in [-0.2, -0.15) is 0 Å². The van der Waals surface area contributed by atoms with Crippen molar-refractivity contribution in [2.24, 2.45) is 4.99 Å². The maximum absolute atomic E-state index is 15.3. The Labute approximate surface area is 454 Å². The number of para-hydroxylation sites is 1. The minimum absolute atomic E-state index is 0.0418. The molecule has 1 aromatic heterocycles. The van der Waals surface area contributed by atoms with E-state index < -0.39 is 88.6 Å². The average Bonchev–Trinajstić information content (AvgIpc) is 3.71. The first-order valence-corrected chi connectivity index (χ1v) is 26.4. The monoisotopic (exact) mass is 1060 g/mol. The summed E-state index contributed by atoms with van der Waals surface area (Å²) < 4.78 is 24.5. The number of fused-ring (bicyclic) bond motifs is 1. The van der Waals surface area contributed by atoms with E-state index in [0.29, 0.717) is 35.0 Å². The minimum atomic E-state index is -1.38. The number of carbonyl (C=O) groups excluding carboxylic acids is 6. The molecule has 4 aromatic carbocycles. The van der Waals surface area contributed by atoms with Crippen LogP contribution in [0.3, 0.4) is 0 Å². The predicted octanol–water partition coefficient (Wildman–Crippen LogP) is 9.81. The minimum Gasteiger partial charge on any atom is -0.458 e. The number of hydrogen-bond acceptors (Lipinski definition) is 11. The summed E-state index contributed by atoms with van der Waals surface area (Å²) in [5.74, 6) is -2.77. The summed E-state index contributed by atoms with van der Waals surface area (Å²) in [6, 6.07) is 30.6. The van der Waals surface area contributed by atoms with Gasteiger partial charge in [0.15, 0.2) is 6.04 Å². The zero-order valence-corrected chi connectivity index (χ0v) is 47.2. The van der Waals surface area contributed by atoms with Crippen molar-refractivity contribution in [2.45, 2.75) is 175 Å². The number of hydrogen-bond donors (Lipinski definition) is 4. The second-order valence-corrected chi connectivity index (χ2v) is 23.1. The first-order valence-electron chi connectivity index (χ1n) is 26.4. The average molecular weight is 1060 g/mol. The molecule has 0 saturated heterocycles. The van der Waals surface area contributed by atoms with Crippen molar-refractivity contribution >= 4 is 52.5 Å². The molecular weight excluding hydrogens is 977 g/mol. The van der Waals surface area contributed by atoms with Crippen molar-refractivity contribution in [1.29, 1.82) is 0 Å². The highest BCUT2D eigenvalue weighted by Crippen LogP contribution is 2.26. The molecule has 0 saturated carbocycles. The maximum Gasteiger partial charge on any atom is 0.419 e. The summed E-state index contributed by atoms with van der Waals surface area (Å²) >= 11 is 0. The Kier molecular flexibility index (Phi) is 20.9. The third kappa shape index (κ3) is 20.0. The molecule has 5 aromatic rings. The topological polar surface area (TPSA) is 205 Å². The maximum atomic E-state index is 15.3. The summed E-state index contributed by atoms with van der Waals surface area (Å²) in [5, 5.41) is 12.2. The van der Waals surface area contributed by atoms with Crippen LogP contribution in [0.5, 0.6) is 0 Å². The van der Waals surface area contributed by atoms with E-state index >= 15 is 9.59 Å². The van der Waals surface area contributed by atoms with Crippen LogP contribution in [-0.2, 0) is 51.0 Å². The van der Waals surface area contributed by atoms with Gasteiger partial charge >= 0.3 is 18.2 Å². The molecule has 5 rings (SSSR count). The molecule has 4 amide bonds.